The van der Waals surface area contributed by atoms with E-state index in [-0.39, 0.29) is 0 Å². The van der Waals surface area contributed by atoms with Gasteiger partial charge in [-0.05, 0) is 31.6 Å². The second-order valence-electron chi connectivity index (χ2n) is 4.08. The molecule has 2 atom stereocenters. The minimum Gasteiger partial charge on any atom is -0.481 e. The van der Waals surface area contributed by atoms with Gasteiger partial charge in [0.25, 0.3) is 0 Å². The Labute approximate surface area is 79.3 Å². The Morgan fingerprint density at radius 1 is 1.46 bits per heavy atom. The van der Waals surface area contributed by atoms with Crippen molar-refractivity contribution in [3.63, 3.8) is 0 Å². The SMILES string of the molecule is N[C@H]1CCC[C@@H](CCCC(=O)O)C1. The highest BCUT2D eigenvalue weighted by Gasteiger charge is 2.18. The van der Waals surface area contributed by atoms with Gasteiger partial charge in [0.2, 0.25) is 0 Å². The third-order valence-corrected chi connectivity index (χ3v) is 2.83. The van der Waals surface area contributed by atoms with Crippen LogP contribution < -0.4 is 5.73 Å². The summed E-state index contributed by atoms with van der Waals surface area (Å²) in [6.07, 6.45) is 6.87. The molecule has 3 nitrogen and oxygen atoms in total. The summed E-state index contributed by atoms with van der Waals surface area (Å²) in [7, 11) is 0. The molecule has 0 saturated heterocycles. The summed E-state index contributed by atoms with van der Waals surface area (Å²) >= 11 is 0. The minimum atomic E-state index is -0.680. The first-order valence-corrected chi connectivity index (χ1v) is 5.16. The summed E-state index contributed by atoms with van der Waals surface area (Å²) in [6, 6.07) is 0.364. The van der Waals surface area contributed by atoms with Crippen LogP contribution in [0.5, 0.6) is 0 Å². The highest BCUT2D eigenvalue weighted by molar-refractivity contribution is 5.66. The molecule has 0 spiro atoms. The molecule has 0 amide bonds. The third kappa shape index (κ3) is 4.27. The van der Waals surface area contributed by atoms with Crippen molar-refractivity contribution in [1.82, 2.24) is 0 Å². The minimum absolute atomic E-state index is 0.311. The smallest absolute Gasteiger partial charge is 0.303 e. The van der Waals surface area contributed by atoms with Crippen LogP contribution in [0, 0.1) is 5.92 Å². The van der Waals surface area contributed by atoms with Crippen LogP contribution in [0.3, 0.4) is 0 Å². The van der Waals surface area contributed by atoms with Crippen LogP contribution in [0.15, 0.2) is 0 Å². The van der Waals surface area contributed by atoms with Crippen molar-refractivity contribution in [2.75, 3.05) is 0 Å². The Balaban J connectivity index is 2.10. The van der Waals surface area contributed by atoms with Gasteiger partial charge in [-0.25, -0.2) is 0 Å². The van der Waals surface area contributed by atoms with Gasteiger partial charge in [-0.2, -0.15) is 0 Å². The van der Waals surface area contributed by atoms with Crippen molar-refractivity contribution in [1.29, 1.82) is 0 Å². The average molecular weight is 185 g/mol. The molecule has 0 radical (unpaired) electrons. The molecule has 13 heavy (non-hydrogen) atoms. The molecule has 0 aromatic carbocycles. The van der Waals surface area contributed by atoms with Gasteiger partial charge < -0.3 is 10.8 Å². The first-order valence-electron chi connectivity index (χ1n) is 5.16. The van der Waals surface area contributed by atoms with Gasteiger partial charge in [-0.3, -0.25) is 4.79 Å². The van der Waals surface area contributed by atoms with Gasteiger partial charge in [0.15, 0.2) is 0 Å². The molecule has 1 fully saturated rings. The number of carbonyl (C=O) groups is 1. The standard InChI is InChI=1S/C10H19NO2/c11-9-5-1-3-8(7-9)4-2-6-10(12)13/h8-9H,1-7,11H2,(H,12,13)/t8-,9-/m0/s1. The first-order chi connectivity index (χ1) is 6.18. The zero-order valence-corrected chi connectivity index (χ0v) is 8.04. The van der Waals surface area contributed by atoms with Crippen molar-refractivity contribution in [2.24, 2.45) is 11.7 Å². The second kappa shape index (κ2) is 5.22. The fraction of sp³-hybridized carbons (Fsp3) is 0.900. The summed E-state index contributed by atoms with van der Waals surface area (Å²) in [6.45, 7) is 0. The molecular formula is C10H19NO2. The largest absolute Gasteiger partial charge is 0.481 e. The lowest BCUT2D eigenvalue weighted by atomic mass is 9.83. The molecular weight excluding hydrogens is 166 g/mol. The van der Waals surface area contributed by atoms with Crippen LogP contribution in [-0.2, 0) is 4.79 Å². The summed E-state index contributed by atoms with van der Waals surface area (Å²) in [4.78, 5) is 10.3. The van der Waals surface area contributed by atoms with Crippen LogP contribution >= 0.6 is 0 Å². The Bertz CT molecular complexity index is 170. The van der Waals surface area contributed by atoms with E-state index < -0.39 is 5.97 Å². The monoisotopic (exact) mass is 185 g/mol. The number of nitrogens with two attached hydrogens (primary N) is 1. The molecule has 0 heterocycles. The molecule has 1 rings (SSSR count). The fourth-order valence-electron chi connectivity index (χ4n) is 2.14. The summed E-state index contributed by atoms with van der Waals surface area (Å²) in [5, 5.41) is 8.47. The average Bonchev–Trinajstić information content (AvgIpc) is 2.03. The number of hydrogen-bond donors (Lipinski definition) is 2. The molecule has 0 bridgehead atoms. The molecule has 0 aromatic rings. The van der Waals surface area contributed by atoms with E-state index >= 15 is 0 Å². The van der Waals surface area contributed by atoms with E-state index in [1.165, 1.54) is 12.8 Å². The van der Waals surface area contributed by atoms with E-state index in [0.717, 1.165) is 25.7 Å². The lowest BCUT2D eigenvalue weighted by Crippen LogP contribution is -2.27. The lowest BCUT2D eigenvalue weighted by molar-refractivity contribution is -0.137. The van der Waals surface area contributed by atoms with Crippen LogP contribution in [0.4, 0.5) is 0 Å². The molecule has 1 aliphatic carbocycles. The maximum atomic E-state index is 10.3. The van der Waals surface area contributed by atoms with Gasteiger partial charge in [-0.1, -0.05) is 12.8 Å². The number of rotatable bonds is 4. The normalized spacial score (nSPS) is 28.7. The van der Waals surface area contributed by atoms with Crippen molar-refractivity contribution >= 4 is 5.97 Å². The first kappa shape index (κ1) is 10.5. The number of carboxylic acid groups (broad SMARTS) is 1. The summed E-state index contributed by atoms with van der Waals surface area (Å²) in [5.74, 6) is 0.00297. The van der Waals surface area contributed by atoms with Crippen molar-refractivity contribution in [3.05, 3.63) is 0 Å². The Morgan fingerprint density at radius 3 is 2.85 bits per heavy atom. The Hall–Kier alpha value is -0.570. The Kier molecular flexibility index (Phi) is 4.22. The lowest BCUT2D eigenvalue weighted by Gasteiger charge is -2.26. The van der Waals surface area contributed by atoms with Crippen LogP contribution in [0.25, 0.3) is 0 Å². The van der Waals surface area contributed by atoms with Gasteiger partial charge in [0.1, 0.15) is 0 Å². The fourth-order valence-corrected chi connectivity index (χ4v) is 2.14. The summed E-state index contributed by atoms with van der Waals surface area (Å²) in [5.41, 5.74) is 5.84. The predicted molar refractivity (Wildman–Crippen MR) is 51.4 cm³/mol. The van der Waals surface area contributed by atoms with E-state index in [1.54, 1.807) is 0 Å². The zero-order valence-electron chi connectivity index (χ0n) is 8.04. The molecule has 1 saturated carbocycles. The van der Waals surface area contributed by atoms with Crippen LogP contribution in [0.1, 0.15) is 44.9 Å². The highest BCUT2D eigenvalue weighted by Crippen LogP contribution is 2.27. The van der Waals surface area contributed by atoms with Gasteiger partial charge in [-0.15, -0.1) is 0 Å². The summed E-state index contributed by atoms with van der Waals surface area (Å²) < 4.78 is 0. The van der Waals surface area contributed by atoms with E-state index in [1.807, 2.05) is 0 Å². The quantitative estimate of drug-likeness (QED) is 0.701. The molecule has 0 aliphatic heterocycles. The van der Waals surface area contributed by atoms with Crippen LogP contribution in [-0.4, -0.2) is 17.1 Å². The van der Waals surface area contributed by atoms with E-state index in [0.29, 0.717) is 18.4 Å². The topological polar surface area (TPSA) is 63.3 Å². The van der Waals surface area contributed by atoms with Gasteiger partial charge in [0.05, 0.1) is 0 Å². The number of hydrogen-bond acceptors (Lipinski definition) is 2. The third-order valence-electron chi connectivity index (χ3n) is 2.83. The molecule has 3 N–H and O–H groups in total. The van der Waals surface area contributed by atoms with E-state index in [9.17, 15) is 4.79 Å². The molecule has 3 heteroatoms. The van der Waals surface area contributed by atoms with Crippen molar-refractivity contribution in [3.8, 4) is 0 Å². The van der Waals surface area contributed by atoms with Crippen molar-refractivity contribution in [2.45, 2.75) is 51.0 Å². The Morgan fingerprint density at radius 2 is 2.23 bits per heavy atom. The zero-order chi connectivity index (χ0) is 9.68. The maximum absolute atomic E-state index is 10.3. The maximum Gasteiger partial charge on any atom is 0.303 e. The second-order valence-corrected chi connectivity index (χ2v) is 4.08. The van der Waals surface area contributed by atoms with Gasteiger partial charge >= 0.3 is 5.97 Å². The molecule has 76 valence electrons. The van der Waals surface area contributed by atoms with E-state index in [4.69, 9.17) is 10.8 Å². The van der Waals surface area contributed by atoms with E-state index in [2.05, 4.69) is 0 Å². The number of aliphatic carboxylic acids is 1. The molecule has 0 unspecified atom stereocenters. The molecule has 1 aliphatic rings. The van der Waals surface area contributed by atoms with Gasteiger partial charge in [0, 0.05) is 12.5 Å². The van der Waals surface area contributed by atoms with Crippen molar-refractivity contribution < 1.29 is 9.90 Å². The predicted octanol–water partition coefficient (Wildman–Crippen LogP) is 1.76. The highest BCUT2D eigenvalue weighted by atomic mass is 16.4. The molecule has 0 aromatic heterocycles. The number of carboxylic acids is 1. The van der Waals surface area contributed by atoms with Crippen LogP contribution in [0.2, 0.25) is 0 Å².